The number of hydrogen-bond acceptors (Lipinski definition) is 3. The van der Waals surface area contributed by atoms with Crippen molar-refractivity contribution in [2.45, 2.75) is 0 Å². The highest BCUT2D eigenvalue weighted by Crippen LogP contribution is 2.39. The largest absolute Gasteiger partial charge is 0.309 e. The summed E-state index contributed by atoms with van der Waals surface area (Å²) in [5.41, 5.74) is 6.21. The van der Waals surface area contributed by atoms with Crippen molar-refractivity contribution in [3.63, 3.8) is 0 Å². The van der Waals surface area contributed by atoms with Crippen LogP contribution in [0.2, 0.25) is 0 Å². The zero-order valence-electron chi connectivity index (χ0n) is 20.3. The fourth-order valence-electron chi connectivity index (χ4n) is 5.01. The van der Waals surface area contributed by atoms with Crippen LogP contribution in [0, 0.1) is 0 Å². The topological polar surface area (TPSA) is 43.6 Å². The van der Waals surface area contributed by atoms with Crippen LogP contribution in [-0.4, -0.2) is 19.5 Å². The fourth-order valence-corrected chi connectivity index (χ4v) is 5.37. The summed E-state index contributed by atoms with van der Waals surface area (Å²) in [5, 5.41) is 2.24. The minimum atomic E-state index is 0.649. The zero-order valence-corrected chi connectivity index (χ0v) is 21.9. The van der Waals surface area contributed by atoms with Crippen LogP contribution < -0.4 is 0 Å². The molecule has 0 aliphatic rings. The number of halogens is 1. The molecule has 0 unspecified atom stereocenters. The third-order valence-electron chi connectivity index (χ3n) is 6.71. The molecule has 5 heteroatoms. The highest BCUT2D eigenvalue weighted by Gasteiger charge is 2.19. The molecule has 0 aliphatic heterocycles. The lowest BCUT2D eigenvalue weighted by atomic mass is 10.1. The lowest BCUT2D eigenvalue weighted by Gasteiger charge is -2.10. The molecule has 5 aromatic carbocycles. The highest BCUT2D eigenvalue weighted by atomic mass is 79.9. The molecule has 2 aromatic heterocycles. The van der Waals surface area contributed by atoms with Crippen LogP contribution in [0.25, 0.3) is 61.7 Å². The number of benzene rings is 5. The predicted molar refractivity (Wildman–Crippen MR) is 158 cm³/mol. The number of aromatic nitrogens is 4. The summed E-state index contributed by atoms with van der Waals surface area (Å²) in [6.07, 6.45) is 0. The van der Waals surface area contributed by atoms with Crippen LogP contribution in [0.3, 0.4) is 0 Å². The van der Waals surface area contributed by atoms with Gasteiger partial charge in [0.15, 0.2) is 17.5 Å². The van der Waals surface area contributed by atoms with E-state index in [0.29, 0.717) is 17.5 Å². The van der Waals surface area contributed by atoms with Crippen molar-refractivity contribution in [1.82, 2.24) is 19.5 Å². The van der Waals surface area contributed by atoms with Gasteiger partial charge in [-0.2, -0.15) is 0 Å². The molecule has 0 bridgehead atoms. The second-order valence-corrected chi connectivity index (χ2v) is 9.99. The van der Waals surface area contributed by atoms with Gasteiger partial charge in [-0.3, -0.25) is 0 Å². The van der Waals surface area contributed by atoms with Crippen LogP contribution in [0.4, 0.5) is 0 Å². The lowest BCUT2D eigenvalue weighted by molar-refractivity contribution is 1.08. The van der Waals surface area contributed by atoms with Gasteiger partial charge in [0.25, 0.3) is 0 Å². The van der Waals surface area contributed by atoms with Crippen molar-refractivity contribution in [3.05, 3.63) is 132 Å². The molecule has 0 aliphatic carbocycles. The summed E-state index contributed by atoms with van der Waals surface area (Å²) < 4.78 is 3.33. The van der Waals surface area contributed by atoms with Crippen LogP contribution in [0.5, 0.6) is 0 Å². The number of hydrogen-bond donors (Lipinski definition) is 0. The first kappa shape index (κ1) is 22.6. The average Bonchev–Trinajstić information content (AvgIpc) is 3.32. The Hall–Kier alpha value is -4.61. The molecule has 0 fully saturated rings. The second kappa shape index (κ2) is 9.36. The Kier molecular flexibility index (Phi) is 5.56. The van der Waals surface area contributed by atoms with E-state index in [0.717, 1.165) is 48.7 Å². The van der Waals surface area contributed by atoms with Gasteiger partial charge in [-0.15, -0.1) is 0 Å². The molecule has 0 saturated carbocycles. The van der Waals surface area contributed by atoms with E-state index < -0.39 is 0 Å². The van der Waals surface area contributed by atoms with Crippen molar-refractivity contribution in [3.8, 4) is 39.9 Å². The third-order valence-corrected chi connectivity index (χ3v) is 7.20. The van der Waals surface area contributed by atoms with Crippen LogP contribution >= 0.6 is 15.9 Å². The molecule has 0 amide bonds. The van der Waals surface area contributed by atoms with Crippen molar-refractivity contribution >= 4 is 37.7 Å². The van der Waals surface area contributed by atoms with Crippen molar-refractivity contribution < 1.29 is 0 Å². The first-order valence-electron chi connectivity index (χ1n) is 12.4. The minimum Gasteiger partial charge on any atom is -0.309 e. The summed E-state index contributed by atoms with van der Waals surface area (Å²) in [4.78, 5) is 14.9. The third kappa shape index (κ3) is 3.88. The van der Waals surface area contributed by atoms with Gasteiger partial charge in [0.05, 0.1) is 11.0 Å². The normalized spacial score (nSPS) is 11.3. The lowest BCUT2D eigenvalue weighted by Crippen LogP contribution is -2.00. The number of rotatable bonds is 4. The molecule has 0 saturated heterocycles. The molecule has 4 nitrogen and oxygen atoms in total. The summed E-state index contributed by atoms with van der Waals surface area (Å²) in [6, 6.07) is 43.4. The van der Waals surface area contributed by atoms with E-state index in [4.69, 9.17) is 15.0 Å². The van der Waals surface area contributed by atoms with Gasteiger partial charge in [-0.25, -0.2) is 15.0 Å². The van der Waals surface area contributed by atoms with Crippen LogP contribution in [-0.2, 0) is 0 Å². The Balaban J connectivity index is 1.56. The van der Waals surface area contributed by atoms with E-state index in [-0.39, 0.29) is 0 Å². The molecule has 2 heterocycles. The first-order valence-corrected chi connectivity index (χ1v) is 13.2. The van der Waals surface area contributed by atoms with E-state index in [2.05, 4.69) is 81.2 Å². The average molecular weight is 553 g/mol. The first-order chi connectivity index (χ1) is 18.8. The summed E-state index contributed by atoms with van der Waals surface area (Å²) >= 11 is 3.70. The monoisotopic (exact) mass is 552 g/mol. The van der Waals surface area contributed by atoms with Gasteiger partial charge in [-0.05, 0) is 36.4 Å². The molecular formula is C33H21BrN4. The number of para-hydroxylation sites is 1. The van der Waals surface area contributed by atoms with E-state index in [1.165, 1.54) is 0 Å². The van der Waals surface area contributed by atoms with Gasteiger partial charge in [0, 0.05) is 37.6 Å². The Morgan fingerprint density at radius 1 is 0.500 bits per heavy atom. The summed E-state index contributed by atoms with van der Waals surface area (Å²) in [5.74, 6) is 1.95. The van der Waals surface area contributed by atoms with Crippen molar-refractivity contribution in [1.29, 1.82) is 0 Å². The SMILES string of the molecule is Brc1ccc2c(c1)c1c(-c3nc(-c4ccccc4)nc(-c4ccccc4)n3)cccc1n2-c1ccccc1. The Bertz CT molecular complexity index is 1860. The van der Waals surface area contributed by atoms with Crippen LogP contribution in [0.15, 0.2) is 132 Å². The fraction of sp³-hybridized carbons (Fsp3) is 0. The Morgan fingerprint density at radius 2 is 1.08 bits per heavy atom. The maximum atomic E-state index is 5.02. The Morgan fingerprint density at radius 3 is 1.71 bits per heavy atom. The maximum Gasteiger partial charge on any atom is 0.164 e. The quantitative estimate of drug-likeness (QED) is 0.219. The van der Waals surface area contributed by atoms with Gasteiger partial charge in [0.1, 0.15) is 0 Å². The second-order valence-electron chi connectivity index (χ2n) is 9.07. The minimum absolute atomic E-state index is 0.649. The molecule has 180 valence electrons. The molecule has 0 N–H and O–H groups in total. The summed E-state index contributed by atoms with van der Waals surface area (Å²) in [6.45, 7) is 0. The van der Waals surface area contributed by atoms with Gasteiger partial charge >= 0.3 is 0 Å². The zero-order chi connectivity index (χ0) is 25.5. The Labute approximate surface area is 228 Å². The standard InChI is InChI=1S/C33H21BrN4/c34-24-19-20-28-27(21-24)30-26(17-10-18-29(30)38(28)25-15-8-3-9-16-25)33-36-31(22-11-4-1-5-12-22)35-32(37-33)23-13-6-2-7-14-23/h1-21H. The van der Waals surface area contributed by atoms with Crippen LogP contribution in [0.1, 0.15) is 0 Å². The number of nitrogens with zero attached hydrogens (tertiary/aromatic N) is 4. The molecule has 7 aromatic rings. The van der Waals surface area contributed by atoms with E-state index in [1.54, 1.807) is 0 Å². The maximum absolute atomic E-state index is 5.02. The molecular weight excluding hydrogens is 532 g/mol. The van der Waals surface area contributed by atoms with Crippen molar-refractivity contribution in [2.75, 3.05) is 0 Å². The van der Waals surface area contributed by atoms with E-state index in [9.17, 15) is 0 Å². The van der Waals surface area contributed by atoms with Gasteiger partial charge in [0.2, 0.25) is 0 Å². The molecule has 38 heavy (non-hydrogen) atoms. The van der Waals surface area contributed by atoms with Gasteiger partial charge in [-0.1, -0.05) is 107 Å². The highest BCUT2D eigenvalue weighted by molar-refractivity contribution is 9.10. The summed E-state index contributed by atoms with van der Waals surface area (Å²) in [7, 11) is 0. The smallest absolute Gasteiger partial charge is 0.164 e. The molecule has 0 radical (unpaired) electrons. The molecule has 7 rings (SSSR count). The van der Waals surface area contributed by atoms with E-state index >= 15 is 0 Å². The van der Waals surface area contributed by atoms with Gasteiger partial charge < -0.3 is 4.57 Å². The van der Waals surface area contributed by atoms with E-state index in [1.807, 2.05) is 66.7 Å². The number of fused-ring (bicyclic) bond motifs is 3. The molecule has 0 spiro atoms. The molecule has 0 atom stereocenters. The predicted octanol–water partition coefficient (Wildman–Crippen LogP) is 8.73. The van der Waals surface area contributed by atoms with Crippen molar-refractivity contribution in [2.24, 2.45) is 0 Å².